The second-order valence-corrected chi connectivity index (χ2v) is 14.6. The Labute approximate surface area is 274 Å². The first-order valence-corrected chi connectivity index (χ1v) is 16.8. The Balaban J connectivity index is 1.31. The van der Waals surface area contributed by atoms with Gasteiger partial charge in [-0.2, -0.15) is 0 Å². The van der Waals surface area contributed by atoms with Crippen molar-refractivity contribution in [2.75, 3.05) is 26.2 Å². The number of pyridine rings is 2. The predicted molar refractivity (Wildman–Crippen MR) is 180 cm³/mol. The molecule has 0 saturated carbocycles. The second-order valence-electron chi connectivity index (χ2n) is 14.6. The van der Waals surface area contributed by atoms with E-state index in [1.807, 2.05) is 64.9 Å². The molecule has 246 valence electrons. The van der Waals surface area contributed by atoms with Crippen LogP contribution in [0.3, 0.4) is 0 Å². The van der Waals surface area contributed by atoms with Crippen molar-refractivity contribution < 1.29 is 19.1 Å². The Morgan fingerprint density at radius 1 is 0.804 bits per heavy atom. The van der Waals surface area contributed by atoms with Crippen molar-refractivity contribution in [2.45, 2.75) is 104 Å². The van der Waals surface area contributed by atoms with E-state index in [4.69, 9.17) is 19.4 Å². The average molecular weight is 627 g/mol. The lowest BCUT2D eigenvalue weighted by Crippen LogP contribution is -2.40. The van der Waals surface area contributed by atoms with E-state index in [9.17, 15) is 9.59 Å². The molecule has 0 N–H and O–H groups in total. The van der Waals surface area contributed by atoms with Gasteiger partial charge in [-0.1, -0.05) is 30.3 Å². The van der Waals surface area contributed by atoms with E-state index in [2.05, 4.69) is 41.3 Å². The molecule has 2 heterocycles. The van der Waals surface area contributed by atoms with Gasteiger partial charge in [0.05, 0.1) is 30.5 Å². The van der Waals surface area contributed by atoms with Crippen LogP contribution in [0.2, 0.25) is 0 Å². The van der Waals surface area contributed by atoms with Crippen molar-refractivity contribution in [2.24, 2.45) is 0 Å². The number of unbranched alkanes of at least 4 members (excludes halogenated alkanes) is 1. The molecule has 0 saturated heterocycles. The first-order valence-electron chi connectivity index (χ1n) is 16.8. The number of ether oxygens (including phenoxy) is 2. The highest BCUT2D eigenvalue weighted by Crippen LogP contribution is 2.39. The molecule has 2 aromatic heterocycles. The van der Waals surface area contributed by atoms with Gasteiger partial charge >= 0.3 is 11.9 Å². The molecule has 1 atom stereocenters. The van der Waals surface area contributed by atoms with Gasteiger partial charge < -0.3 is 9.47 Å². The SMILES string of the molecule is CC(C)(C)OC(=O)CN(CCCCN(Cc1nccc2c1Cc1ccccc1-2)[C@H]1CCCc2cccnc21)CC(=O)OC(C)(C)C. The van der Waals surface area contributed by atoms with Gasteiger partial charge in [0.1, 0.15) is 11.2 Å². The Bertz CT molecular complexity index is 1490. The molecule has 0 radical (unpaired) electrons. The molecule has 8 nitrogen and oxygen atoms in total. The largest absolute Gasteiger partial charge is 0.459 e. The molecule has 5 rings (SSSR count). The number of fused-ring (bicyclic) bond motifs is 4. The number of nitrogens with zero attached hydrogens (tertiary/aromatic N) is 4. The van der Waals surface area contributed by atoms with Gasteiger partial charge in [-0.3, -0.25) is 29.4 Å². The molecule has 0 fully saturated rings. The van der Waals surface area contributed by atoms with Gasteiger partial charge in [0, 0.05) is 25.4 Å². The third-order valence-corrected chi connectivity index (χ3v) is 8.49. The predicted octanol–water partition coefficient (Wildman–Crippen LogP) is 6.69. The van der Waals surface area contributed by atoms with Crippen LogP contribution in [0, 0.1) is 0 Å². The van der Waals surface area contributed by atoms with Gasteiger partial charge in [-0.15, -0.1) is 0 Å². The lowest BCUT2D eigenvalue weighted by Gasteiger charge is -2.35. The zero-order valence-corrected chi connectivity index (χ0v) is 28.5. The summed E-state index contributed by atoms with van der Waals surface area (Å²) in [6.07, 6.45) is 9.73. The Morgan fingerprint density at radius 2 is 1.48 bits per heavy atom. The highest BCUT2D eigenvalue weighted by molar-refractivity contribution is 5.77. The maximum absolute atomic E-state index is 12.7. The number of carbonyl (C=O) groups excluding carboxylic acids is 2. The van der Waals surface area contributed by atoms with Crippen LogP contribution in [0.25, 0.3) is 11.1 Å². The fourth-order valence-electron chi connectivity index (χ4n) is 6.70. The van der Waals surface area contributed by atoms with Crippen LogP contribution < -0.4 is 0 Å². The summed E-state index contributed by atoms with van der Waals surface area (Å²) < 4.78 is 11.2. The monoisotopic (exact) mass is 626 g/mol. The molecule has 0 bridgehead atoms. The molecule has 1 aromatic carbocycles. The average Bonchev–Trinajstić information content (AvgIpc) is 3.36. The zero-order chi connectivity index (χ0) is 32.9. The molecular formula is C38H50N4O4. The van der Waals surface area contributed by atoms with E-state index in [1.165, 1.54) is 33.5 Å². The van der Waals surface area contributed by atoms with Crippen LogP contribution in [0.4, 0.5) is 0 Å². The number of benzene rings is 1. The Hall–Kier alpha value is -3.62. The minimum Gasteiger partial charge on any atom is -0.459 e. The summed E-state index contributed by atoms with van der Waals surface area (Å²) in [5.74, 6) is -0.680. The van der Waals surface area contributed by atoms with E-state index in [0.717, 1.165) is 57.3 Å². The Morgan fingerprint density at radius 3 is 2.20 bits per heavy atom. The number of aromatic nitrogens is 2. The molecule has 2 aliphatic carbocycles. The molecule has 46 heavy (non-hydrogen) atoms. The third kappa shape index (κ3) is 9.01. The van der Waals surface area contributed by atoms with Crippen molar-refractivity contribution in [1.82, 2.24) is 19.8 Å². The molecule has 0 aliphatic heterocycles. The van der Waals surface area contributed by atoms with Crippen molar-refractivity contribution in [3.8, 4) is 11.1 Å². The topological polar surface area (TPSA) is 84.9 Å². The second kappa shape index (κ2) is 14.4. The van der Waals surface area contributed by atoms with Crippen molar-refractivity contribution in [1.29, 1.82) is 0 Å². The highest BCUT2D eigenvalue weighted by Gasteiger charge is 2.30. The minimum absolute atomic E-state index is 0.0424. The van der Waals surface area contributed by atoms with Gasteiger partial charge in [-0.25, -0.2) is 0 Å². The first-order chi connectivity index (χ1) is 21.9. The minimum atomic E-state index is -0.591. The van der Waals surface area contributed by atoms with Crippen LogP contribution in [0.5, 0.6) is 0 Å². The number of esters is 2. The van der Waals surface area contributed by atoms with Crippen LogP contribution in [-0.2, 0) is 38.4 Å². The fraction of sp³-hybridized carbons (Fsp3) is 0.526. The van der Waals surface area contributed by atoms with E-state index in [-0.39, 0.29) is 31.1 Å². The molecule has 2 aliphatic rings. The first kappa shape index (κ1) is 33.7. The highest BCUT2D eigenvalue weighted by atomic mass is 16.6. The summed E-state index contributed by atoms with van der Waals surface area (Å²) in [7, 11) is 0. The van der Waals surface area contributed by atoms with Crippen molar-refractivity contribution >= 4 is 11.9 Å². The van der Waals surface area contributed by atoms with Gasteiger partial charge in [0.2, 0.25) is 0 Å². The molecular weight excluding hydrogens is 576 g/mol. The van der Waals surface area contributed by atoms with Crippen LogP contribution in [0.1, 0.15) is 101 Å². The smallest absolute Gasteiger partial charge is 0.320 e. The number of hydrogen-bond acceptors (Lipinski definition) is 8. The lowest BCUT2D eigenvalue weighted by atomic mass is 9.90. The van der Waals surface area contributed by atoms with Crippen LogP contribution >= 0.6 is 0 Å². The third-order valence-electron chi connectivity index (χ3n) is 8.49. The summed E-state index contributed by atoms with van der Waals surface area (Å²) in [5, 5.41) is 0. The standard InChI is InChI=1S/C38H50N4O4/c1-37(2,3)45-34(43)25-41(26-35(44)46-38(4,5)6)21-9-10-22-42(33-17-11-14-27-15-12-19-40-36(27)33)24-32-31-23-28-13-7-8-16-29(28)30(31)18-20-39-32/h7-8,12-13,15-16,18-20,33H,9-11,14,17,21-26H2,1-6H3/t33-/m0/s1. The van der Waals surface area contributed by atoms with Gasteiger partial charge in [-0.05, 0) is 127 Å². The Kier molecular flexibility index (Phi) is 10.6. The lowest BCUT2D eigenvalue weighted by molar-refractivity contribution is -0.159. The van der Waals surface area contributed by atoms with Crippen molar-refractivity contribution in [3.63, 3.8) is 0 Å². The quantitative estimate of drug-likeness (QED) is 0.127. The summed E-state index contributed by atoms with van der Waals surface area (Å²) in [4.78, 5) is 39.7. The summed E-state index contributed by atoms with van der Waals surface area (Å²) in [6, 6.07) is 15.3. The number of aryl methyl sites for hydroxylation is 1. The number of rotatable bonds is 12. The molecule has 3 aromatic rings. The molecule has 8 heteroatoms. The van der Waals surface area contributed by atoms with Crippen molar-refractivity contribution in [3.05, 3.63) is 82.9 Å². The summed E-state index contributed by atoms with van der Waals surface area (Å²) in [6.45, 7) is 13.4. The van der Waals surface area contributed by atoms with E-state index >= 15 is 0 Å². The number of hydrogen-bond donors (Lipinski definition) is 0. The maximum Gasteiger partial charge on any atom is 0.320 e. The molecule has 0 amide bonds. The van der Waals surface area contributed by atoms with Gasteiger partial charge in [0.15, 0.2) is 0 Å². The van der Waals surface area contributed by atoms with Crippen LogP contribution in [0.15, 0.2) is 54.9 Å². The molecule has 0 unspecified atom stereocenters. The molecule has 0 spiro atoms. The zero-order valence-electron chi connectivity index (χ0n) is 28.5. The maximum atomic E-state index is 12.7. The van der Waals surface area contributed by atoms with Crippen LogP contribution in [-0.4, -0.2) is 69.1 Å². The number of carbonyl (C=O) groups is 2. The van der Waals surface area contributed by atoms with Gasteiger partial charge in [0.25, 0.3) is 0 Å². The van der Waals surface area contributed by atoms with E-state index in [1.54, 1.807) is 0 Å². The van der Waals surface area contributed by atoms with E-state index < -0.39 is 11.2 Å². The fourth-order valence-corrected chi connectivity index (χ4v) is 6.70. The normalized spacial score (nSPS) is 15.8. The summed E-state index contributed by atoms with van der Waals surface area (Å²) >= 11 is 0. The van der Waals surface area contributed by atoms with E-state index in [0.29, 0.717) is 6.54 Å². The summed E-state index contributed by atoms with van der Waals surface area (Å²) in [5.41, 5.74) is 7.76.